The first-order chi connectivity index (χ1) is 9.52. The molecule has 0 saturated carbocycles. The summed E-state index contributed by atoms with van der Waals surface area (Å²) in [6, 6.07) is 8.18. The summed E-state index contributed by atoms with van der Waals surface area (Å²) in [5.41, 5.74) is 2.65. The predicted molar refractivity (Wildman–Crippen MR) is 73.9 cm³/mol. The Labute approximate surface area is 115 Å². The fourth-order valence-corrected chi connectivity index (χ4v) is 1.92. The van der Waals surface area contributed by atoms with Crippen molar-refractivity contribution in [3.63, 3.8) is 0 Å². The Morgan fingerprint density at radius 2 is 2.10 bits per heavy atom. The number of anilines is 1. The molecule has 20 heavy (non-hydrogen) atoms. The Morgan fingerprint density at radius 3 is 2.70 bits per heavy atom. The molecule has 0 unspecified atom stereocenters. The van der Waals surface area contributed by atoms with Crippen LogP contribution in [0.4, 0.5) is 11.6 Å². The third kappa shape index (κ3) is 2.69. The van der Waals surface area contributed by atoms with Crippen LogP contribution in [0, 0.1) is 17.0 Å². The number of hydrogen-bond acceptors (Lipinski definition) is 4. The number of furan rings is 1. The van der Waals surface area contributed by atoms with Crippen molar-refractivity contribution in [3.05, 3.63) is 57.3 Å². The maximum atomic E-state index is 12.0. The summed E-state index contributed by atoms with van der Waals surface area (Å²) in [5.74, 6) is -1.03. The van der Waals surface area contributed by atoms with Gasteiger partial charge in [-0.2, -0.15) is 0 Å². The molecule has 104 valence electrons. The highest BCUT2D eigenvalue weighted by molar-refractivity contribution is 6.03. The van der Waals surface area contributed by atoms with E-state index in [9.17, 15) is 14.9 Å². The van der Waals surface area contributed by atoms with Gasteiger partial charge in [0.25, 0.3) is 5.91 Å². The van der Waals surface area contributed by atoms with Crippen LogP contribution in [0.25, 0.3) is 0 Å². The smallest absolute Gasteiger partial charge is 0.395 e. The molecule has 1 amide bonds. The van der Waals surface area contributed by atoms with Gasteiger partial charge in [0.1, 0.15) is 4.92 Å². The molecule has 6 nitrogen and oxygen atoms in total. The maximum Gasteiger partial charge on any atom is 0.433 e. The molecule has 0 spiro atoms. The lowest BCUT2D eigenvalue weighted by atomic mass is 10.1. The summed E-state index contributed by atoms with van der Waals surface area (Å²) in [4.78, 5) is 21.9. The van der Waals surface area contributed by atoms with Crippen molar-refractivity contribution in [1.29, 1.82) is 0 Å². The Kier molecular flexibility index (Phi) is 3.84. The normalized spacial score (nSPS) is 10.3. The molecular formula is C14H14N2O4. The zero-order chi connectivity index (χ0) is 14.7. The molecule has 0 atom stereocenters. The van der Waals surface area contributed by atoms with Crippen LogP contribution in [0.5, 0.6) is 0 Å². The van der Waals surface area contributed by atoms with Gasteiger partial charge >= 0.3 is 5.88 Å². The highest BCUT2D eigenvalue weighted by Gasteiger charge is 2.18. The van der Waals surface area contributed by atoms with Crippen LogP contribution in [0.2, 0.25) is 0 Å². The molecule has 0 aliphatic heterocycles. The summed E-state index contributed by atoms with van der Waals surface area (Å²) in [6.45, 7) is 3.88. The van der Waals surface area contributed by atoms with Crippen LogP contribution in [-0.2, 0) is 6.42 Å². The number of hydrogen-bond donors (Lipinski definition) is 1. The Morgan fingerprint density at radius 1 is 1.35 bits per heavy atom. The lowest BCUT2D eigenvalue weighted by Gasteiger charge is -2.11. The number of nitrogens with zero attached hydrogens (tertiary/aromatic N) is 1. The largest absolute Gasteiger partial charge is 0.433 e. The van der Waals surface area contributed by atoms with Gasteiger partial charge in [-0.05, 0) is 30.5 Å². The van der Waals surface area contributed by atoms with Crippen LogP contribution in [0.15, 0.2) is 34.7 Å². The van der Waals surface area contributed by atoms with E-state index >= 15 is 0 Å². The highest BCUT2D eigenvalue weighted by atomic mass is 16.6. The topological polar surface area (TPSA) is 85.4 Å². The number of rotatable bonds is 4. The second-order valence-corrected chi connectivity index (χ2v) is 4.31. The van der Waals surface area contributed by atoms with Gasteiger partial charge in [-0.15, -0.1) is 0 Å². The highest BCUT2D eigenvalue weighted by Crippen LogP contribution is 2.23. The van der Waals surface area contributed by atoms with Gasteiger partial charge in [-0.1, -0.05) is 25.1 Å². The molecule has 2 aromatic rings. The summed E-state index contributed by atoms with van der Waals surface area (Å²) < 4.78 is 4.88. The number of aryl methyl sites for hydroxylation is 2. The number of carbonyl (C=O) groups is 1. The fourth-order valence-electron chi connectivity index (χ4n) is 1.92. The number of amides is 1. The van der Waals surface area contributed by atoms with Gasteiger partial charge in [-0.25, -0.2) is 0 Å². The lowest BCUT2D eigenvalue weighted by molar-refractivity contribution is -0.402. The molecule has 1 N–H and O–H groups in total. The van der Waals surface area contributed by atoms with Crippen LogP contribution < -0.4 is 5.32 Å². The minimum Gasteiger partial charge on any atom is -0.395 e. The van der Waals surface area contributed by atoms with E-state index in [1.807, 2.05) is 32.0 Å². The maximum absolute atomic E-state index is 12.0. The first-order valence-corrected chi connectivity index (χ1v) is 6.17. The summed E-state index contributed by atoms with van der Waals surface area (Å²) >= 11 is 0. The molecule has 0 aliphatic rings. The number of nitrogens with one attached hydrogen (secondary N) is 1. The third-order valence-electron chi connectivity index (χ3n) is 2.97. The molecule has 0 aliphatic carbocycles. The van der Waals surface area contributed by atoms with Crippen molar-refractivity contribution in [1.82, 2.24) is 0 Å². The predicted octanol–water partition coefficient (Wildman–Crippen LogP) is 3.31. The number of carbonyl (C=O) groups excluding carboxylic acids is 1. The van der Waals surface area contributed by atoms with Gasteiger partial charge in [0.15, 0.2) is 5.76 Å². The zero-order valence-corrected chi connectivity index (χ0v) is 11.2. The summed E-state index contributed by atoms with van der Waals surface area (Å²) in [5, 5.41) is 13.3. The van der Waals surface area contributed by atoms with Gasteiger partial charge in [-0.3, -0.25) is 14.9 Å². The molecule has 1 heterocycles. The van der Waals surface area contributed by atoms with Crippen molar-refractivity contribution in [3.8, 4) is 0 Å². The van der Waals surface area contributed by atoms with Crippen LogP contribution in [0.3, 0.4) is 0 Å². The monoisotopic (exact) mass is 274 g/mol. The Hall–Kier alpha value is -2.63. The standard InChI is InChI=1S/C14H14N2O4/c1-3-10-6-4-5-9(2)13(10)15-14(17)11-7-8-12(20-11)16(18)19/h4-8H,3H2,1-2H3,(H,15,17). The van der Waals surface area contributed by atoms with E-state index in [0.717, 1.165) is 29.3 Å². The van der Waals surface area contributed by atoms with Gasteiger partial charge in [0.05, 0.1) is 6.07 Å². The van der Waals surface area contributed by atoms with E-state index in [1.54, 1.807) is 0 Å². The second kappa shape index (κ2) is 5.56. The van der Waals surface area contributed by atoms with Crippen LogP contribution in [0.1, 0.15) is 28.6 Å². The molecule has 0 bridgehead atoms. The first-order valence-electron chi connectivity index (χ1n) is 6.17. The number of nitro groups is 1. The second-order valence-electron chi connectivity index (χ2n) is 4.31. The van der Waals surface area contributed by atoms with Crippen molar-refractivity contribution in [2.45, 2.75) is 20.3 Å². The van der Waals surface area contributed by atoms with E-state index in [0.29, 0.717) is 0 Å². The Balaban J connectivity index is 2.25. The zero-order valence-electron chi connectivity index (χ0n) is 11.2. The minimum atomic E-state index is -0.679. The van der Waals surface area contributed by atoms with Gasteiger partial charge < -0.3 is 9.73 Å². The van der Waals surface area contributed by atoms with Crippen LogP contribution in [-0.4, -0.2) is 10.8 Å². The van der Waals surface area contributed by atoms with Gasteiger partial charge in [0.2, 0.25) is 0 Å². The molecule has 0 saturated heterocycles. The molecule has 0 radical (unpaired) electrons. The quantitative estimate of drug-likeness (QED) is 0.684. The van der Waals surface area contributed by atoms with Crippen molar-refractivity contribution in [2.24, 2.45) is 0 Å². The van der Waals surface area contributed by atoms with Crippen molar-refractivity contribution in [2.75, 3.05) is 5.32 Å². The Bertz CT molecular complexity index is 661. The molecule has 2 rings (SSSR count). The van der Waals surface area contributed by atoms with E-state index in [2.05, 4.69) is 5.32 Å². The first kappa shape index (κ1) is 13.8. The molecular weight excluding hydrogens is 260 g/mol. The molecule has 6 heteroatoms. The van der Waals surface area contributed by atoms with E-state index in [-0.39, 0.29) is 5.76 Å². The SMILES string of the molecule is CCc1cccc(C)c1NC(=O)c1ccc([N+](=O)[O-])o1. The van der Waals surface area contributed by atoms with Crippen LogP contribution >= 0.6 is 0 Å². The van der Waals surface area contributed by atoms with Crippen molar-refractivity contribution >= 4 is 17.5 Å². The van der Waals surface area contributed by atoms with E-state index < -0.39 is 16.7 Å². The van der Waals surface area contributed by atoms with Gasteiger partial charge in [0, 0.05) is 5.69 Å². The number of para-hydroxylation sites is 1. The lowest BCUT2D eigenvalue weighted by Crippen LogP contribution is -2.13. The summed E-state index contributed by atoms with van der Waals surface area (Å²) in [6.07, 6.45) is 0.773. The van der Waals surface area contributed by atoms with Crippen molar-refractivity contribution < 1.29 is 14.1 Å². The average molecular weight is 274 g/mol. The van der Waals surface area contributed by atoms with E-state index in [4.69, 9.17) is 4.42 Å². The average Bonchev–Trinajstić information content (AvgIpc) is 2.91. The van der Waals surface area contributed by atoms with E-state index in [1.165, 1.54) is 6.07 Å². The fraction of sp³-hybridized carbons (Fsp3) is 0.214. The minimum absolute atomic E-state index is 0.0815. The number of benzene rings is 1. The molecule has 1 aromatic carbocycles. The molecule has 1 aromatic heterocycles. The third-order valence-corrected chi connectivity index (χ3v) is 2.97. The molecule has 0 fully saturated rings. The summed E-state index contributed by atoms with van der Waals surface area (Å²) in [7, 11) is 0.